The third kappa shape index (κ3) is 1.68. The molecule has 1 N–H and O–H groups in total. The van der Waals surface area contributed by atoms with Gasteiger partial charge in [-0.25, -0.2) is 0 Å². The van der Waals surface area contributed by atoms with Crippen LogP contribution in [0.2, 0.25) is 0 Å². The summed E-state index contributed by atoms with van der Waals surface area (Å²) in [6, 6.07) is 0. The van der Waals surface area contributed by atoms with Crippen molar-refractivity contribution in [1.29, 1.82) is 0 Å². The molecule has 0 aromatic heterocycles. The van der Waals surface area contributed by atoms with Crippen molar-refractivity contribution in [2.75, 3.05) is 0 Å². The number of aliphatic hydroxyl groups excluding tert-OH is 1. The van der Waals surface area contributed by atoms with Crippen LogP contribution in [0.5, 0.6) is 0 Å². The van der Waals surface area contributed by atoms with Gasteiger partial charge in [-0.3, -0.25) is 0 Å². The van der Waals surface area contributed by atoms with E-state index in [1.165, 1.54) is 38.5 Å². The molecule has 2 bridgehead atoms. The van der Waals surface area contributed by atoms with Crippen molar-refractivity contribution in [2.24, 2.45) is 33.5 Å². The van der Waals surface area contributed by atoms with Gasteiger partial charge in [0.2, 0.25) is 0 Å². The number of rotatable bonds is 0. The first-order valence-electron chi connectivity index (χ1n) is 9.10. The summed E-state index contributed by atoms with van der Waals surface area (Å²) in [5.74, 6) is 1.55. The Labute approximate surface area is 130 Å². The van der Waals surface area contributed by atoms with Crippen molar-refractivity contribution in [1.82, 2.24) is 0 Å². The van der Waals surface area contributed by atoms with E-state index in [9.17, 15) is 5.11 Å². The van der Waals surface area contributed by atoms with E-state index in [1.54, 1.807) is 0 Å². The molecule has 4 rings (SSSR count). The maximum absolute atomic E-state index is 10.5. The van der Waals surface area contributed by atoms with Crippen LogP contribution in [0.4, 0.5) is 0 Å². The molecule has 3 fully saturated rings. The Morgan fingerprint density at radius 1 is 0.857 bits per heavy atom. The average molecular weight is 288 g/mol. The highest BCUT2D eigenvalue weighted by atomic mass is 16.3. The maximum atomic E-state index is 10.5. The van der Waals surface area contributed by atoms with Gasteiger partial charge in [-0.05, 0) is 78.4 Å². The molecule has 118 valence electrons. The molecule has 0 amide bonds. The molecule has 21 heavy (non-hydrogen) atoms. The van der Waals surface area contributed by atoms with E-state index in [0.717, 1.165) is 12.3 Å². The maximum Gasteiger partial charge on any atom is 0.0594 e. The molecule has 0 aromatic rings. The normalized spacial score (nSPS) is 57.7. The first kappa shape index (κ1) is 14.3. The van der Waals surface area contributed by atoms with Gasteiger partial charge in [-0.1, -0.05) is 39.8 Å². The Bertz CT molecular complexity index is 492. The van der Waals surface area contributed by atoms with Crippen molar-refractivity contribution in [3.63, 3.8) is 0 Å². The minimum Gasteiger partial charge on any atom is -0.393 e. The fourth-order valence-electron chi connectivity index (χ4n) is 7.35. The van der Waals surface area contributed by atoms with Gasteiger partial charge in [0.15, 0.2) is 0 Å². The van der Waals surface area contributed by atoms with E-state index >= 15 is 0 Å². The SMILES string of the molecule is CC12C=CC3(CCC4C(C)(C)C(O)CCC4(C)C3CC1)C2. The zero-order valence-electron chi connectivity index (χ0n) is 14.3. The zero-order chi connectivity index (χ0) is 15.1. The molecule has 0 heterocycles. The quantitative estimate of drug-likeness (QED) is 0.626. The van der Waals surface area contributed by atoms with E-state index in [0.29, 0.717) is 22.2 Å². The van der Waals surface area contributed by atoms with E-state index in [1.807, 2.05) is 0 Å². The van der Waals surface area contributed by atoms with E-state index < -0.39 is 0 Å². The highest BCUT2D eigenvalue weighted by Gasteiger charge is 2.64. The standard InChI is InChI=1S/C20H32O/c1-17(2)14-6-10-20-12-11-18(3,13-20)8-5-15(20)19(14,4)9-7-16(17)21/h11-12,14-16,21H,5-10,13H2,1-4H3. The van der Waals surface area contributed by atoms with Crippen LogP contribution in [-0.4, -0.2) is 11.2 Å². The molecule has 0 aromatic carbocycles. The number of aliphatic hydroxyl groups is 1. The second-order valence-corrected chi connectivity index (χ2v) is 9.96. The molecule has 0 aliphatic heterocycles. The van der Waals surface area contributed by atoms with Gasteiger partial charge >= 0.3 is 0 Å². The summed E-state index contributed by atoms with van der Waals surface area (Å²) >= 11 is 0. The predicted octanol–water partition coefficient (Wildman–Crippen LogP) is 4.95. The van der Waals surface area contributed by atoms with Gasteiger partial charge in [0, 0.05) is 0 Å². The number of hydrogen-bond donors (Lipinski definition) is 1. The van der Waals surface area contributed by atoms with Gasteiger partial charge in [0.25, 0.3) is 0 Å². The summed E-state index contributed by atoms with van der Waals surface area (Å²) in [6.45, 7) is 9.70. The second kappa shape index (κ2) is 3.96. The Hall–Kier alpha value is -0.300. The van der Waals surface area contributed by atoms with Crippen LogP contribution in [0.1, 0.15) is 72.6 Å². The van der Waals surface area contributed by atoms with Gasteiger partial charge in [-0.2, -0.15) is 0 Å². The van der Waals surface area contributed by atoms with Gasteiger partial charge in [-0.15, -0.1) is 0 Å². The van der Waals surface area contributed by atoms with Crippen molar-refractivity contribution >= 4 is 0 Å². The Balaban J connectivity index is 1.74. The highest BCUT2D eigenvalue weighted by Crippen LogP contribution is 2.71. The number of fused-ring (bicyclic) bond motifs is 3. The highest BCUT2D eigenvalue weighted by molar-refractivity contribution is 5.25. The fraction of sp³-hybridized carbons (Fsp3) is 0.900. The minimum absolute atomic E-state index is 0.0949. The summed E-state index contributed by atoms with van der Waals surface area (Å²) in [5, 5.41) is 10.5. The molecule has 1 heteroatoms. The first-order chi connectivity index (χ1) is 9.72. The zero-order valence-corrected chi connectivity index (χ0v) is 14.3. The minimum atomic E-state index is -0.0994. The van der Waals surface area contributed by atoms with Crippen LogP contribution in [0.25, 0.3) is 0 Å². The summed E-state index contributed by atoms with van der Waals surface area (Å²) in [6.07, 6.45) is 14.2. The van der Waals surface area contributed by atoms with Crippen LogP contribution in [0.3, 0.4) is 0 Å². The van der Waals surface area contributed by atoms with Crippen LogP contribution in [-0.2, 0) is 0 Å². The third-order valence-corrected chi connectivity index (χ3v) is 8.45. The summed E-state index contributed by atoms with van der Waals surface area (Å²) < 4.78 is 0. The summed E-state index contributed by atoms with van der Waals surface area (Å²) in [5.41, 5.74) is 1.52. The summed E-state index contributed by atoms with van der Waals surface area (Å²) in [4.78, 5) is 0. The van der Waals surface area contributed by atoms with Crippen molar-refractivity contribution in [3.05, 3.63) is 12.2 Å². The molecular weight excluding hydrogens is 256 g/mol. The van der Waals surface area contributed by atoms with Crippen LogP contribution in [0.15, 0.2) is 12.2 Å². The van der Waals surface area contributed by atoms with E-state index in [2.05, 4.69) is 39.8 Å². The molecule has 4 aliphatic carbocycles. The Kier molecular flexibility index (Phi) is 2.70. The predicted molar refractivity (Wildman–Crippen MR) is 86.9 cm³/mol. The molecule has 4 aliphatic rings. The average Bonchev–Trinajstić information content (AvgIpc) is 2.65. The smallest absolute Gasteiger partial charge is 0.0594 e. The van der Waals surface area contributed by atoms with Crippen LogP contribution < -0.4 is 0 Å². The lowest BCUT2D eigenvalue weighted by Crippen LogP contribution is -2.59. The van der Waals surface area contributed by atoms with Gasteiger partial charge < -0.3 is 5.11 Å². The van der Waals surface area contributed by atoms with Crippen LogP contribution in [0, 0.1) is 33.5 Å². The van der Waals surface area contributed by atoms with Crippen molar-refractivity contribution < 1.29 is 5.11 Å². The Morgan fingerprint density at radius 2 is 1.57 bits per heavy atom. The molecule has 1 spiro atoms. The third-order valence-electron chi connectivity index (χ3n) is 8.45. The second-order valence-electron chi connectivity index (χ2n) is 9.96. The lowest BCUT2D eigenvalue weighted by atomic mass is 9.40. The lowest BCUT2D eigenvalue weighted by Gasteiger charge is -2.65. The lowest BCUT2D eigenvalue weighted by molar-refractivity contribution is -0.176. The van der Waals surface area contributed by atoms with Crippen molar-refractivity contribution in [2.45, 2.75) is 78.7 Å². The van der Waals surface area contributed by atoms with E-state index in [4.69, 9.17) is 0 Å². The molecule has 0 radical (unpaired) electrons. The van der Waals surface area contributed by atoms with Crippen LogP contribution >= 0.6 is 0 Å². The van der Waals surface area contributed by atoms with Gasteiger partial charge in [0.05, 0.1) is 6.10 Å². The summed E-state index contributed by atoms with van der Waals surface area (Å²) in [7, 11) is 0. The van der Waals surface area contributed by atoms with E-state index in [-0.39, 0.29) is 11.5 Å². The first-order valence-corrected chi connectivity index (χ1v) is 9.10. The molecular formula is C20H32O. The molecule has 3 saturated carbocycles. The fourth-order valence-corrected chi connectivity index (χ4v) is 7.35. The number of allylic oxidation sites excluding steroid dienone is 2. The molecule has 0 saturated heterocycles. The number of hydrogen-bond acceptors (Lipinski definition) is 1. The molecule has 1 nitrogen and oxygen atoms in total. The molecule has 6 unspecified atom stereocenters. The Morgan fingerprint density at radius 3 is 2.33 bits per heavy atom. The largest absolute Gasteiger partial charge is 0.393 e. The topological polar surface area (TPSA) is 20.2 Å². The molecule has 6 atom stereocenters. The van der Waals surface area contributed by atoms with Crippen molar-refractivity contribution in [3.8, 4) is 0 Å². The van der Waals surface area contributed by atoms with Gasteiger partial charge in [0.1, 0.15) is 0 Å². The monoisotopic (exact) mass is 288 g/mol.